The molecule has 160 valence electrons. The van der Waals surface area contributed by atoms with Crippen molar-refractivity contribution >= 4 is 5.69 Å². The van der Waals surface area contributed by atoms with E-state index in [1.807, 2.05) is 0 Å². The minimum Gasteiger partial charge on any atom is -0.349 e. The lowest BCUT2D eigenvalue weighted by atomic mass is 9.94. The van der Waals surface area contributed by atoms with Crippen LogP contribution in [0.15, 0.2) is 102 Å². The number of rotatable bonds is 3. The summed E-state index contributed by atoms with van der Waals surface area (Å²) in [5.74, 6) is 0. The summed E-state index contributed by atoms with van der Waals surface area (Å²) in [5.41, 5.74) is -2.61. The zero-order valence-corrected chi connectivity index (χ0v) is 16.0. The van der Waals surface area contributed by atoms with Gasteiger partial charge in [-0.3, -0.25) is 0 Å². The summed E-state index contributed by atoms with van der Waals surface area (Å²) in [6.45, 7) is 0. The fraction of sp³-hybridized carbons (Fsp3) is 0.167. The molecule has 7 heteroatoms. The Morgan fingerprint density at radius 1 is 0.484 bits per heavy atom. The monoisotopic (exact) mass is 433 g/mol. The van der Waals surface area contributed by atoms with Crippen LogP contribution in [0.25, 0.3) is 0 Å². The average molecular weight is 433 g/mol. The van der Waals surface area contributed by atoms with Crippen LogP contribution in [0, 0.1) is 0 Å². The summed E-state index contributed by atoms with van der Waals surface area (Å²) in [6, 6.07) is 19.6. The van der Waals surface area contributed by atoms with Gasteiger partial charge in [0.05, 0.1) is 23.2 Å². The van der Waals surface area contributed by atoms with Crippen LogP contribution in [-0.4, -0.2) is 12.4 Å². The number of hydrogen-bond donors (Lipinski definition) is 0. The van der Waals surface area contributed by atoms with Gasteiger partial charge in [-0.15, -0.1) is 0 Å². The van der Waals surface area contributed by atoms with Crippen LogP contribution >= 0.6 is 0 Å². The fourth-order valence-electron chi connectivity index (χ4n) is 4.16. The summed E-state index contributed by atoms with van der Waals surface area (Å²) < 4.78 is 85.6. The molecule has 1 heterocycles. The van der Waals surface area contributed by atoms with Crippen LogP contribution < -0.4 is 4.90 Å². The number of halogens is 6. The highest BCUT2D eigenvalue weighted by molar-refractivity contribution is 5.63. The minimum absolute atomic E-state index is 0.138. The Morgan fingerprint density at radius 2 is 0.806 bits per heavy atom. The highest BCUT2D eigenvalue weighted by atomic mass is 19.4. The summed E-state index contributed by atoms with van der Waals surface area (Å²) in [7, 11) is 0. The van der Waals surface area contributed by atoms with Crippen molar-refractivity contribution in [1.82, 2.24) is 0 Å². The Balaban J connectivity index is 2.08. The van der Waals surface area contributed by atoms with E-state index in [0.717, 1.165) is 0 Å². The van der Waals surface area contributed by atoms with Gasteiger partial charge < -0.3 is 4.90 Å². The minimum atomic E-state index is -5.18. The molecule has 0 aliphatic carbocycles. The van der Waals surface area contributed by atoms with Gasteiger partial charge in [-0.25, -0.2) is 0 Å². The van der Waals surface area contributed by atoms with Crippen LogP contribution in [0.2, 0.25) is 0 Å². The first kappa shape index (κ1) is 21.0. The van der Waals surface area contributed by atoms with Crippen LogP contribution in [0.5, 0.6) is 0 Å². The van der Waals surface area contributed by atoms with Crippen LogP contribution in [0.3, 0.4) is 0 Å². The molecular weight excluding hydrogens is 416 g/mol. The van der Waals surface area contributed by atoms with Crippen molar-refractivity contribution in [2.24, 2.45) is 0 Å². The summed E-state index contributed by atoms with van der Waals surface area (Å²) in [4.78, 5) is 1.22. The number of benzene rings is 3. The number of hydrogen-bond acceptors (Lipinski definition) is 1. The van der Waals surface area contributed by atoms with Gasteiger partial charge in [0.25, 0.3) is 0 Å². The topological polar surface area (TPSA) is 3.24 Å². The number of alkyl halides is 6. The Kier molecular flexibility index (Phi) is 5.29. The molecule has 0 amide bonds. The molecule has 0 aromatic heterocycles. The third-order valence-corrected chi connectivity index (χ3v) is 5.29. The quantitative estimate of drug-likeness (QED) is 0.307. The van der Waals surface area contributed by atoms with E-state index in [0.29, 0.717) is 0 Å². The van der Waals surface area contributed by atoms with Crippen molar-refractivity contribution in [3.63, 3.8) is 0 Å². The van der Waals surface area contributed by atoms with Crippen LogP contribution in [0.4, 0.5) is 32.0 Å². The maximum Gasteiger partial charge on any atom is 0.415 e. The van der Waals surface area contributed by atoms with Crippen molar-refractivity contribution < 1.29 is 26.3 Å². The second kappa shape index (κ2) is 7.80. The second-order valence-corrected chi connectivity index (χ2v) is 7.19. The number of nitrogens with zero attached hydrogens (tertiary/aromatic N) is 1. The molecule has 3 aromatic carbocycles. The summed E-state index contributed by atoms with van der Waals surface area (Å²) >= 11 is 0. The number of anilines is 1. The van der Waals surface area contributed by atoms with Gasteiger partial charge in [0.1, 0.15) is 0 Å². The molecule has 4 rings (SSSR count). The van der Waals surface area contributed by atoms with E-state index in [4.69, 9.17) is 0 Å². The van der Waals surface area contributed by atoms with E-state index in [1.54, 1.807) is 30.3 Å². The van der Waals surface area contributed by atoms with Gasteiger partial charge in [0.2, 0.25) is 0 Å². The van der Waals surface area contributed by atoms with Crippen molar-refractivity contribution in [3.8, 4) is 0 Å². The Labute approximate surface area is 175 Å². The molecule has 0 saturated carbocycles. The zero-order valence-electron chi connectivity index (χ0n) is 16.0. The predicted octanol–water partition coefficient (Wildman–Crippen LogP) is 7.41. The second-order valence-electron chi connectivity index (χ2n) is 7.19. The largest absolute Gasteiger partial charge is 0.415 e. The molecule has 0 saturated heterocycles. The van der Waals surface area contributed by atoms with Crippen molar-refractivity contribution in [3.05, 3.63) is 113 Å². The van der Waals surface area contributed by atoms with E-state index >= 15 is 0 Å². The molecule has 1 aliphatic rings. The predicted molar refractivity (Wildman–Crippen MR) is 106 cm³/mol. The molecule has 31 heavy (non-hydrogen) atoms. The maximum atomic E-state index is 14.3. The third-order valence-electron chi connectivity index (χ3n) is 5.29. The van der Waals surface area contributed by atoms with Crippen molar-refractivity contribution in [1.29, 1.82) is 0 Å². The van der Waals surface area contributed by atoms with Gasteiger partial charge in [0.15, 0.2) is 0 Å². The fourth-order valence-corrected chi connectivity index (χ4v) is 4.16. The van der Waals surface area contributed by atoms with Gasteiger partial charge in [0, 0.05) is 5.69 Å². The number of para-hydroxylation sites is 1. The van der Waals surface area contributed by atoms with Gasteiger partial charge in [-0.2, -0.15) is 26.3 Å². The third kappa shape index (κ3) is 3.92. The van der Waals surface area contributed by atoms with Gasteiger partial charge in [-0.1, -0.05) is 78.9 Å². The lowest BCUT2D eigenvalue weighted by Gasteiger charge is -2.35. The molecule has 1 aliphatic heterocycles. The van der Waals surface area contributed by atoms with E-state index in [2.05, 4.69) is 0 Å². The van der Waals surface area contributed by atoms with Crippen molar-refractivity contribution in [2.45, 2.75) is 24.4 Å². The lowest BCUT2D eigenvalue weighted by molar-refractivity contribution is -0.116. The average Bonchev–Trinajstić information content (AvgIpc) is 3.13. The van der Waals surface area contributed by atoms with E-state index in [9.17, 15) is 26.3 Å². The zero-order chi connectivity index (χ0) is 22.2. The first-order valence-electron chi connectivity index (χ1n) is 9.51. The first-order valence-corrected chi connectivity index (χ1v) is 9.51. The molecule has 0 spiro atoms. The van der Waals surface area contributed by atoms with Crippen molar-refractivity contribution in [2.75, 3.05) is 4.90 Å². The van der Waals surface area contributed by atoms with E-state index < -0.39 is 35.6 Å². The van der Waals surface area contributed by atoms with Crippen LogP contribution in [-0.2, 0) is 0 Å². The van der Waals surface area contributed by atoms with Gasteiger partial charge >= 0.3 is 12.4 Å². The van der Waals surface area contributed by atoms with E-state index in [-0.39, 0.29) is 16.8 Å². The highest BCUT2D eigenvalue weighted by Gasteiger charge is 2.59. The lowest BCUT2D eigenvalue weighted by Crippen LogP contribution is -2.31. The molecule has 3 aromatic rings. The maximum absolute atomic E-state index is 14.3. The smallest absolute Gasteiger partial charge is 0.349 e. The summed E-state index contributed by atoms with van der Waals surface area (Å²) in [5, 5.41) is 0. The Morgan fingerprint density at radius 3 is 1.13 bits per heavy atom. The Hall–Kier alpha value is -3.22. The normalized spacial score (nSPS) is 19.7. The molecule has 2 atom stereocenters. The molecule has 0 N–H and O–H groups in total. The molecule has 1 nitrogen and oxygen atoms in total. The van der Waals surface area contributed by atoms with Crippen LogP contribution in [0.1, 0.15) is 23.2 Å². The van der Waals surface area contributed by atoms with Gasteiger partial charge in [-0.05, 0) is 23.3 Å². The standard InChI is InChI=1S/C24H17F6N/c25-23(26,27)19-20(24(28,29)30)22(17-12-6-2-7-13-17)31(18-14-8-3-9-15-18)21(19)16-10-4-1-5-11-16/h1-15,21-22H. The molecular formula is C24H17F6N. The molecule has 0 fully saturated rings. The Bertz CT molecular complexity index is 988. The molecule has 2 unspecified atom stereocenters. The highest BCUT2D eigenvalue weighted by Crippen LogP contribution is 2.58. The first-order chi connectivity index (χ1) is 14.7. The summed E-state index contributed by atoms with van der Waals surface area (Å²) in [6.07, 6.45) is -10.4. The molecule has 0 bridgehead atoms. The van der Waals surface area contributed by atoms with E-state index in [1.165, 1.54) is 65.6 Å². The SMILES string of the molecule is FC(F)(F)C1=C(C(F)(F)F)C(c2ccccc2)N(c2ccccc2)C1c1ccccc1. The molecule has 0 radical (unpaired) electrons.